The Balaban J connectivity index is 2.03. The summed E-state index contributed by atoms with van der Waals surface area (Å²) < 4.78 is 2.07. The summed E-state index contributed by atoms with van der Waals surface area (Å²) in [5, 5.41) is 4.46. The highest BCUT2D eigenvalue weighted by Crippen LogP contribution is 2.53. The SMILES string of the molecule is CCn1nc(C)cc1CC(N)C1CC1(C)C. The second-order valence-corrected chi connectivity index (χ2v) is 5.76. The van der Waals surface area contributed by atoms with Crippen LogP contribution in [0.5, 0.6) is 0 Å². The lowest BCUT2D eigenvalue weighted by Crippen LogP contribution is -2.28. The van der Waals surface area contributed by atoms with Gasteiger partial charge in [0.25, 0.3) is 0 Å². The van der Waals surface area contributed by atoms with Crippen molar-refractivity contribution in [3.05, 3.63) is 17.5 Å². The molecular formula is C13H23N3. The molecule has 1 aliphatic carbocycles. The van der Waals surface area contributed by atoms with Gasteiger partial charge in [0.05, 0.1) is 5.69 Å². The highest BCUT2D eigenvalue weighted by molar-refractivity contribution is 5.13. The number of rotatable bonds is 4. The molecule has 16 heavy (non-hydrogen) atoms. The zero-order valence-corrected chi connectivity index (χ0v) is 10.8. The zero-order chi connectivity index (χ0) is 11.9. The molecule has 1 aromatic heterocycles. The van der Waals surface area contributed by atoms with Gasteiger partial charge in [0, 0.05) is 24.7 Å². The van der Waals surface area contributed by atoms with Gasteiger partial charge in [-0.2, -0.15) is 5.10 Å². The molecule has 0 amide bonds. The van der Waals surface area contributed by atoms with Crippen LogP contribution in [0.1, 0.15) is 38.6 Å². The van der Waals surface area contributed by atoms with Gasteiger partial charge in [-0.15, -0.1) is 0 Å². The number of nitrogens with zero attached hydrogens (tertiary/aromatic N) is 2. The molecule has 1 saturated carbocycles. The van der Waals surface area contributed by atoms with E-state index in [9.17, 15) is 0 Å². The lowest BCUT2D eigenvalue weighted by Gasteiger charge is -2.14. The van der Waals surface area contributed by atoms with Crippen molar-refractivity contribution in [1.82, 2.24) is 9.78 Å². The predicted molar refractivity (Wildman–Crippen MR) is 66.2 cm³/mol. The van der Waals surface area contributed by atoms with Crippen molar-refractivity contribution in [1.29, 1.82) is 0 Å². The van der Waals surface area contributed by atoms with Gasteiger partial charge in [0.15, 0.2) is 0 Å². The fourth-order valence-electron chi connectivity index (χ4n) is 2.66. The highest BCUT2D eigenvalue weighted by Gasteiger charge is 2.48. The Labute approximate surface area is 98.0 Å². The van der Waals surface area contributed by atoms with Gasteiger partial charge < -0.3 is 5.73 Å². The van der Waals surface area contributed by atoms with E-state index in [4.69, 9.17) is 5.73 Å². The van der Waals surface area contributed by atoms with Crippen molar-refractivity contribution >= 4 is 0 Å². The smallest absolute Gasteiger partial charge is 0.0596 e. The van der Waals surface area contributed by atoms with Gasteiger partial charge in [-0.05, 0) is 37.7 Å². The van der Waals surface area contributed by atoms with Crippen molar-refractivity contribution in [2.75, 3.05) is 0 Å². The summed E-state index contributed by atoms with van der Waals surface area (Å²) >= 11 is 0. The normalized spacial score (nSPS) is 24.4. The minimum Gasteiger partial charge on any atom is -0.327 e. The largest absolute Gasteiger partial charge is 0.327 e. The van der Waals surface area contributed by atoms with Crippen LogP contribution in [-0.2, 0) is 13.0 Å². The van der Waals surface area contributed by atoms with Crippen molar-refractivity contribution < 1.29 is 0 Å². The fourth-order valence-corrected chi connectivity index (χ4v) is 2.66. The molecule has 1 fully saturated rings. The van der Waals surface area contributed by atoms with Crippen LogP contribution < -0.4 is 5.73 Å². The van der Waals surface area contributed by atoms with Gasteiger partial charge in [-0.25, -0.2) is 0 Å². The molecule has 3 nitrogen and oxygen atoms in total. The summed E-state index contributed by atoms with van der Waals surface area (Å²) in [5.74, 6) is 0.688. The third-order valence-corrected chi connectivity index (χ3v) is 3.84. The molecule has 2 N–H and O–H groups in total. The number of nitrogens with two attached hydrogens (primary N) is 1. The summed E-state index contributed by atoms with van der Waals surface area (Å²) in [6, 6.07) is 2.45. The molecule has 0 aliphatic heterocycles. The molecule has 2 atom stereocenters. The van der Waals surface area contributed by atoms with Crippen LogP contribution in [0.2, 0.25) is 0 Å². The molecule has 90 valence electrons. The van der Waals surface area contributed by atoms with Crippen molar-refractivity contribution in [3.63, 3.8) is 0 Å². The predicted octanol–water partition coefficient (Wildman–Crippen LogP) is 2.13. The maximum absolute atomic E-state index is 6.28. The van der Waals surface area contributed by atoms with E-state index in [1.165, 1.54) is 12.1 Å². The summed E-state index contributed by atoms with van der Waals surface area (Å²) in [6.45, 7) is 9.72. The lowest BCUT2D eigenvalue weighted by molar-refractivity contribution is 0.463. The van der Waals surface area contributed by atoms with E-state index < -0.39 is 0 Å². The molecule has 2 rings (SSSR count). The monoisotopic (exact) mass is 221 g/mol. The van der Waals surface area contributed by atoms with Crippen LogP contribution in [0, 0.1) is 18.3 Å². The van der Waals surface area contributed by atoms with E-state index >= 15 is 0 Å². The Bertz CT molecular complexity index is 379. The van der Waals surface area contributed by atoms with Crippen molar-refractivity contribution in [3.8, 4) is 0 Å². The van der Waals surface area contributed by atoms with Gasteiger partial charge in [0.1, 0.15) is 0 Å². The summed E-state index contributed by atoms with van der Waals surface area (Å²) in [5.41, 5.74) is 9.13. The summed E-state index contributed by atoms with van der Waals surface area (Å²) in [7, 11) is 0. The van der Waals surface area contributed by atoms with Gasteiger partial charge in [-0.3, -0.25) is 4.68 Å². The number of hydrogen-bond donors (Lipinski definition) is 1. The lowest BCUT2D eigenvalue weighted by atomic mass is 10.0. The second kappa shape index (κ2) is 3.88. The van der Waals surface area contributed by atoms with Crippen molar-refractivity contribution in [2.45, 2.75) is 53.1 Å². The van der Waals surface area contributed by atoms with Crippen LogP contribution in [-0.4, -0.2) is 15.8 Å². The Morgan fingerprint density at radius 3 is 2.75 bits per heavy atom. The maximum atomic E-state index is 6.28. The van der Waals surface area contributed by atoms with E-state index in [-0.39, 0.29) is 6.04 Å². The minimum absolute atomic E-state index is 0.288. The first-order valence-electron chi connectivity index (χ1n) is 6.23. The molecule has 0 radical (unpaired) electrons. The van der Waals surface area contributed by atoms with E-state index in [0.717, 1.165) is 18.7 Å². The van der Waals surface area contributed by atoms with Crippen LogP contribution in [0.15, 0.2) is 6.07 Å². The van der Waals surface area contributed by atoms with Crippen LogP contribution in [0.4, 0.5) is 0 Å². The Hall–Kier alpha value is -0.830. The summed E-state index contributed by atoms with van der Waals surface area (Å²) in [6.07, 6.45) is 2.23. The molecular weight excluding hydrogens is 198 g/mol. The van der Waals surface area contributed by atoms with Crippen LogP contribution >= 0.6 is 0 Å². The van der Waals surface area contributed by atoms with E-state index in [0.29, 0.717) is 11.3 Å². The molecule has 1 heterocycles. The molecule has 0 saturated heterocycles. The first-order chi connectivity index (χ1) is 7.44. The molecule has 1 aromatic rings. The molecule has 2 unspecified atom stereocenters. The molecule has 0 bridgehead atoms. The third-order valence-electron chi connectivity index (χ3n) is 3.84. The van der Waals surface area contributed by atoms with Crippen molar-refractivity contribution in [2.24, 2.45) is 17.1 Å². The van der Waals surface area contributed by atoms with E-state index in [2.05, 4.69) is 36.6 Å². The average Bonchev–Trinajstić information content (AvgIpc) is 2.67. The van der Waals surface area contributed by atoms with E-state index in [1.807, 2.05) is 6.92 Å². The standard InChI is InChI=1S/C13H23N3/c1-5-16-10(6-9(2)15-16)7-12(14)11-8-13(11,3)4/h6,11-12H,5,7-8,14H2,1-4H3. The number of aromatic nitrogens is 2. The number of hydrogen-bond acceptors (Lipinski definition) is 2. The Morgan fingerprint density at radius 2 is 2.25 bits per heavy atom. The molecule has 0 aromatic carbocycles. The van der Waals surface area contributed by atoms with Gasteiger partial charge in [0.2, 0.25) is 0 Å². The number of aryl methyl sites for hydroxylation is 2. The Morgan fingerprint density at radius 1 is 1.62 bits per heavy atom. The summed E-state index contributed by atoms with van der Waals surface area (Å²) in [4.78, 5) is 0. The first-order valence-corrected chi connectivity index (χ1v) is 6.23. The minimum atomic E-state index is 0.288. The highest BCUT2D eigenvalue weighted by atomic mass is 15.3. The quantitative estimate of drug-likeness (QED) is 0.846. The first kappa shape index (κ1) is 11.6. The third kappa shape index (κ3) is 2.14. The zero-order valence-electron chi connectivity index (χ0n) is 10.8. The van der Waals surface area contributed by atoms with Crippen LogP contribution in [0.3, 0.4) is 0 Å². The second-order valence-electron chi connectivity index (χ2n) is 5.76. The molecule has 3 heteroatoms. The molecule has 0 spiro atoms. The topological polar surface area (TPSA) is 43.8 Å². The van der Waals surface area contributed by atoms with Gasteiger partial charge >= 0.3 is 0 Å². The average molecular weight is 221 g/mol. The molecule has 1 aliphatic rings. The van der Waals surface area contributed by atoms with E-state index in [1.54, 1.807) is 0 Å². The Kier molecular flexibility index (Phi) is 2.82. The fraction of sp³-hybridized carbons (Fsp3) is 0.769. The maximum Gasteiger partial charge on any atom is 0.0596 e. The van der Waals surface area contributed by atoms with Gasteiger partial charge in [-0.1, -0.05) is 13.8 Å². The van der Waals surface area contributed by atoms with Crippen LogP contribution in [0.25, 0.3) is 0 Å².